The fourth-order valence-corrected chi connectivity index (χ4v) is 1.71. The Balaban J connectivity index is 2.59. The predicted molar refractivity (Wildman–Crippen MR) is 63.4 cm³/mol. The number of aliphatic hydroxyl groups is 1. The van der Waals surface area contributed by atoms with Crippen LogP contribution in [-0.2, 0) is 6.42 Å². The van der Waals surface area contributed by atoms with Gasteiger partial charge in [-0.1, -0.05) is 18.2 Å². The highest BCUT2D eigenvalue weighted by Gasteiger charge is 2.21. The van der Waals surface area contributed by atoms with Crippen molar-refractivity contribution >= 4 is 0 Å². The molecule has 1 rings (SSSR count). The van der Waals surface area contributed by atoms with Crippen LogP contribution in [0.1, 0.15) is 31.7 Å². The first kappa shape index (κ1) is 12.7. The monoisotopic (exact) mass is 220 g/mol. The first-order valence-electron chi connectivity index (χ1n) is 5.44. The van der Waals surface area contributed by atoms with E-state index in [1.165, 1.54) is 6.07 Å². The fraction of sp³-hybridized carbons (Fsp3) is 0.429. The van der Waals surface area contributed by atoms with Gasteiger partial charge in [-0.2, -0.15) is 0 Å². The summed E-state index contributed by atoms with van der Waals surface area (Å²) in [7, 11) is 0. The summed E-state index contributed by atoms with van der Waals surface area (Å²) in [5.74, 6) is 2.27. The van der Waals surface area contributed by atoms with Crippen LogP contribution in [0.15, 0.2) is 24.3 Å². The Labute approximate surface area is 96.3 Å². The summed E-state index contributed by atoms with van der Waals surface area (Å²) in [6.07, 6.45) is 7.46. The van der Waals surface area contributed by atoms with Gasteiger partial charge in [0.15, 0.2) is 0 Å². The van der Waals surface area contributed by atoms with Crippen molar-refractivity contribution in [3.8, 4) is 12.3 Å². The van der Waals surface area contributed by atoms with E-state index < -0.39 is 5.60 Å². The van der Waals surface area contributed by atoms with Crippen LogP contribution in [0.4, 0.5) is 4.39 Å². The minimum atomic E-state index is -0.890. The van der Waals surface area contributed by atoms with Gasteiger partial charge in [-0.25, -0.2) is 4.39 Å². The molecule has 0 fully saturated rings. The van der Waals surface area contributed by atoms with Crippen LogP contribution in [0.3, 0.4) is 0 Å². The summed E-state index contributed by atoms with van der Waals surface area (Å²) >= 11 is 0. The topological polar surface area (TPSA) is 20.2 Å². The lowest BCUT2D eigenvalue weighted by atomic mass is 9.91. The standard InChI is InChI=1S/C14H17FO/c1-3-4-7-10-14(2,16)11-12-8-5-6-9-13(12)15/h1,5-6,8-9,16H,4,7,10-11H2,2H3. The number of benzene rings is 1. The van der Waals surface area contributed by atoms with Gasteiger partial charge in [0, 0.05) is 12.8 Å². The molecule has 1 unspecified atom stereocenters. The van der Waals surface area contributed by atoms with Gasteiger partial charge in [-0.05, 0) is 31.4 Å². The van der Waals surface area contributed by atoms with E-state index >= 15 is 0 Å². The predicted octanol–water partition coefficient (Wildman–Crippen LogP) is 2.92. The molecule has 0 bridgehead atoms. The van der Waals surface area contributed by atoms with E-state index in [9.17, 15) is 9.50 Å². The lowest BCUT2D eigenvalue weighted by Gasteiger charge is -2.23. The largest absolute Gasteiger partial charge is 0.390 e. The Morgan fingerprint density at radius 2 is 2.12 bits per heavy atom. The Kier molecular flexibility index (Phi) is 4.52. The minimum Gasteiger partial charge on any atom is -0.390 e. The van der Waals surface area contributed by atoms with Gasteiger partial charge in [0.25, 0.3) is 0 Å². The normalized spacial score (nSPS) is 14.1. The van der Waals surface area contributed by atoms with Crippen molar-refractivity contribution in [3.63, 3.8) is 0 Å². The van der Waals surface area contributed by atoms with E-state index in [0.717, 1.165) is 6.42 Å². The molecule has 1 aromatic carbocycles. The maximum atomic E-state index is 13.4. The summed E-state index contributed by atoms with van der Waals surface area (Å²) in [5.41, 5.74) is -0.341. The molecule has 2 heteroatoms. The SMILES string of the molecule is C#CCCCC(C)(O)Cc1ccccc1F. The molecule has 0 amide bonds. The summed E-state index contributed by atoms with van der Waals surface area (Å²) in [6.45, 7) is 1.72. The van der Waals surface area contributed by atoms with Crippen molar-refractivity contribution in [1.82, 2.24) is 0 Å². The quantitative estimate of drug-likeness (QED) is 0.597. The number of hydrogen-bond acceptors (Lipinski definition) is 1. The Hall–Kier alpha value is -1.33. The van der Waals surface area contributed by atoms with Crippen molar-refractivity contribution < 1.29 is 9.50 Å². The second-order valence-corrected chi connectivity index (χ2v) is 4.32. The number of hydrogen-bond donors (Lipinski definition) is 1. The van der Waals surface area contributed by atoms with Crippen LogP contribution in [0.25, 0.3) is 0 Å². The summed E-state index contributed by atoms with van der Waals surface area (Å²) in [6, 6.07) is 6.53. The van der Waals surface area contributed by atoms with E-state index in [4.69, 9.17) is 6.42 Å². The number of rotatable bonds is 5. The molecule has 1 nitrogen and oxygen atoms in total. The molecular weight excluding hydrogens is 203 g/mol. The van der Waals surface area contributed by atoms with Crippen LogP contribution in [0.5, 0.6) is 0 Å². The van der Waals surface area contributed by atoms with Crippen molar-refractivity contribution in [2.45, 2.75) is 38.2 Å². The van der Waals surface area contributed by atoms with Crippen LogP contribution >= 0.6 is 0 Å². The Morgan fingerprint density at radius 3 is 2.75 bits per heavy atom. The van der Waals surface area contributed by atoms with E-state index in [1.54, 1.807) is 25.1 Å². The van der Waals surface area contributed by atoms with E-state index in [-0.39, 0.29) is 5.82 Å². The molecule has 0 aliphatic heterocycles. The molecule has 0 aromatic heterocycles. The Bertz CT molecular complexity index is 377. The van der Waals surface area contributed by atoms with Gasteiger partial charge in [0.2, 0.25) is 0 Å². The van der Waals surface area contributed by atoms with Crippen molar-refractivity contribution in [1.29, 1.82) is 0 Å². The highest BCUT2D eigenvalue weighted by molar-refractivity contribution is 5.19. The van der Waals surface area contributed by atoms with Gasteiger partial charge in [0.05, 0.1) is 5.60 Å². The van der Waals surface area contributed by atoms with Gasteiger partial charge < -0.3 is 5.11 Å². The number of unbranched alkanes of at least 4 members (excludes halogenated alkanes) is 1. The van der Waals surface area contributed by atoms with Crippen molar-refractivity contribution in [3.05, 3.63) is 35.6 Å². The summed E-state index contributed by atoms with van der Waals surface area (Å²) in [5, 5.41) is 10.1. The molecule has 0 heterocycles. The van der Waals surface area contributed by atoms with E-state index in [1.807, 2.05) is 0 Å². The van der Waals surface area contributed by atoms with Crippen LogP contribution < -0.4 is 0 Å². The summed E-state index contributed by atoms with van der Waals surface area (Å²) in [4.78, 5) is 0. The van der Waals surface area contributed by atoms with Gasteiger partial charge >= 0.3 is 0 Å². The molecular formula is C14H17FO. The molecule has 0 aliphatic carbocycles. The Morgan fingerprint density at radius 1 is 1.44 bits per heavy atom. The zero-order chi connectivity index (χ0) is 12.0. The number of terminal acetylenes is 1. The molecule has 86 valence electrons. The zero-order valence-electron chi connectivity index (χ0n) is 9.54. The van der Waals surface area contributed by atoms with Gasteiger partial charge in [-0.15, -0.1) is 12.3 Å². The third-order valence-electron chi connectivity index (χ3n) is 2.57. The zero-order valence-corrected chi connectivity index (χ0v) is 9.54. The number of halogens is 1. The molecule has 0 radical (unpaired) electrons. The molecule has 0 saturated carbocycles. The third kappa shape index (κ3) is 4.04. The maximum Gasteiger partial charge on any atom is 0.126 e. The van der Waals surface area contributed by atoms with Crippen LogP contribution in [-0.4, -0.2) is 10.7 Å². The molecule has 1 aromatic rings. The van der Waals surface area contributed by atoms with Crippen molar-refractivity contribution in [2.75, 3.05) is 0 Å². The van der Waals surface area contributed by atoms with E-state index in [0.29, 0.717) is 24.8 Å². The summed E-state index contributed by atoms with van der Waals surface area (Å²) < 4.78 is 13.4. The highest BCUT2D eigenvalue weighted by Crippen LogP contribution is 2.21. The first-order valence-corrected chi connectivity index (χ1v) is 5.44. The molecule has 1 atom stereocenters. The second-order valence-electron chi connectivity index (χ2n) is 4.32. The minimum absolute atomic E-state index is 0.264. The molecule has 1 N–H and O–H groups in total. The molecule has 0 aliphatic rings. The van der Waals surface area contributed by atoms with Crippen molar-refractivity contribution in [2.24, 2.45) is 0 Å². The lowest BCUT2D eigenvalue weighted by molar-refractivity contribution is 0.0487. The van der Waals surface area contributed by atoms with Gasteiger partial charge in [-0.3, -0.25) is 0 Å². The second kappa shape index (κ2) is 5.67. The smallest absolute Gasteiger partial charge is 0.126 e. The molecule has 16 heavy (non-hydrogen) atoms. The average Bonchev–Trinajstić information content (AvgIpc) is 2.21. The average molecular weight is 220 g/mol. The van der Waals surface area contributed by atoms with Crippen LogP contribution in [0.2, 0.25) is 0 Å². The highest BCUT2D eigenvalue weighted by atomic mass is 19.1. The third-order valence-corrected chi connectivity index (χ3v) is 2.57. The van der Waals surface area contributed by atoms with E-state index in [2.05, 4.69) is 5.92 Å². The van der Waals surface area contributed by atoms with Crippen LogP contribution in [0, 0.1) is 18.2 Å². The fourth-order valence-electron chi connectivity index (χ4n) is 1.71. The lowest BCUT2D eigenvalue weighted by Crippen LogP contribution is -2.27. The maximum absolute atomic E-state index is 13.4. The molecule has 0 saturated heterocycles. The van der Waals surface area contributed by atoms with Gasteiger partial charge in [0.1, 0.15) is 5.82 Å². The first-order chi connectivity index (χ1) is 7.55. The molecule has 0 spiro atoms.